The predicted molar refractivity (Wildman–Crippen MR) is 74.5 cm³/mol. The fraction of sp³-hybridized carbons (Fsp3) is 0.933. The van der Waals surface area contributed by atoms with E-state index in [1.54, 1.807) is 0 Å². The average molecular weight is 252 g/mol. The molecule has 0 atom stereocenters. The molecule has 18 heavy (non-hydrogen) atoms. The van der Waals surface area contributed by atoms with E-state index in [-0.39, 0.29) is 11.0 Å². The van der Waals surface area contributed by atoms with Crippen molar-refractivity contribution in [3.63, 3.8) is 0 Å². The second-order valence-electron chi connectivity index (χ2n) is 6.66. The zero-order valence-corrected chi connectivity index (χ0v) is 12.2. The second kappa shape index (κ2) is 5.20. The van der Waals surface area contributed by atoms with Crippen LogP contribution >= 0.6 is 0 Å². The van der Waals surface area contributed by atoms with Crippen LogP contribution in [0.1, 0.15) is 59.3 Å². The predicted octanol–water partition coefficient (Wildman–Crippen LogP) is 2.56. The Kier molecular flexibility index (Phi) is 4.00. The van der Waals surface area contributed by atoms with Crippen LogP contribution in [-0.2, 0) is 4.79 Å². The Hall–Kier alpha value is -0.570. The fourth-order valence-electron chi connectivity index (χ4n) is 3.33. The van der Waals surface area contributed by atoms with E-state index in [1.165, 1.54) is 32.1 Å². The van der Waals surface area contributed by atoms with Crippen molar-refractivity contribution >= 4 is 5.91 Å². The van der Waals surface area contributed by atoms with Crippen molar-refractivity contribution in [2.75, 3.05) is 19.6 Å². The van der Waals surface area contributed by atoms with E-state index in [0.29, 0.717) is 5.91 Å². The Bertz CT molecular complexity index is 297. The van der Waals surface area contributed by atoms with Crippen LogP contribution in [0.25, 0.3) is 0 Å². The van der Waals surface area contributed by atoms with E-state index in [9.17, 15) is 4.79 Å². The summed E-state index contributed by atoms with van der Waals surface area (Å²) < 4.78 is 0. The molecule has 2 aliphatic rings. The van der Waals surface area contributed by atoms with Gasteiger partial charge in [-0.25, -0.2) is 0 Å². The summed E-state index contributed by atoms with van der Waals surface area (Å²) in [4.78, 5) is 15.1. The first-order valence-corrected chi connectivity index (χ1v) is 7.55. The highest BCUT2D eigenvalue weighted by Crippen LogP contribution is 2.37. The van der Waals surface area contributed by atoms with Gasteiger partial charge in [-0.2, -0.15) is 0 Å². The van der Waals surface area contributed by atoms with Crippen molar-refractivity contribution in [3.05, 3.63) is 0 Å². The summed E-state index contributed by atoms with van der Waals surface area (Å²) in [7, 11) is 0. The maximum Gasteiger partial charge on any atom is 0.228 e. The molecule has 104 valence electrons. The minimum absolute atomic E-state index is 0.125. The van der Waals surface area contributed by atoms with Crippen molar-refractivity contribution in [2.45, 2.75) is 64.8 Å². The molecule has 2 rings (SSSR count). The lowest BCUT2D eigenvalue weighted by atomic mass is 9.77. The maximum atomic E-state index is 12.8. The summed E-state index contributed by atoms with van der Waals surface area (Å²) >= 11 is 0. The first-order valence-electron chi connectivity index (χ1n) is 7.55. The molecule has 0 radical (unpaired) electrons. The van der Waals surface area contributed by atoms with E-state index < -0.39 is 0 Å². The second-order valence-corrected chi connectivity index (χ2v) is 6.66. The van der Waals surface area contributed by atoms with Gasteiger partial charge in [-0.15, -0.1) is 0 Å². The Morgan fingerprint density at radius 2 is 1.94 bits per heavy atom. The Balaban J connectivity index is 2.20. The molecule has 1 amide bonds. The first kappa shape index (κ1) is 13.9. The standard InChI is InChI=1S/C15H28N2O/c1-4-14(2,3)13(18)17-11-10-16-12-15(17)8-6-5-7-9-15/h16H,4-12H2,1-3H3. The number of nitrogens with one attached hydrogen (secondary N) is 1. The number of hydrogen-bond donors (Lipinski definition) is 1. The van der Waals surface area contributed by atoms with Gasteiger partial charge >= 0.3 is 0 Å². The Morgan fingerprint density at radius 3 is 2.56 bits per heavy atom. The van der Waals surface area contributed by atoms with Crippen molar-refractivity contribution in [1.29, 1.82) is 0 Å². The topological polar surface area (TPSA) is 32.3 Å². The van der Waals surface area contributed by atoms with E-state index in [4.69, 9.17) is 0 Å². The molecular formula is C15H28N2O. The summed E-state index contributed by atoms with van der Waals surface area (Å²) in [5.74, 6) is 0.369. The molecular weight excluding hydrogens is 224 g/mol. The van der Waals surface area contributed by atoms with Crippen molar-refractivity contribution in [1.82, 2.24) is 10.2 Å². The van der Waals surface area contributed by atoms with Gasteiger partial charge in [-0.05, 0) is 19.3 Å². The van der Waals surface area contributed by atoms with E-state index in [0.717, 1.165) is 26.1 Å². The highest BCUT2D eigenvalue weighted by molar-refractivity contribution is 5.82. The third-order valence-electron chi connectivity index (χ3n) is 5.03. The van der Waals surface area contributed by atoms with E-state index >= 15 is 0 Å². The molecule has 3 nitrogen and oxygen atoms in total. The Morgan fingerprint density at radius 1 is 1.28 bits per heavy atom. The Labute approximate surface area is 111 Å². The highest BCUT2D eigenvalue weighted by Gasteiger charge is 2.45. The van der Waals surface area contributed by atoms with Crippen molar-refractivity contribution in [2.24, 2.45) is 5.41 Å². The molecule has 1 saturated heterocycles. The lowest BCUT2D eigenvalue weighted by molar-refractivity contribution is -0.150. The molecule has 0 bridgehead atoms. The molecule has 0 aromatic rings. The highest BCUT2D eigenvalue weighted by atomic mass is 16.2. The molecule has 1 spiro atoms. The summed E-state index contributed by atoms with van der Waals surface area (Å²) in [6.45, 7) is 9.14. The van der Waals surface area contributed by atoms with Gasteiger partial charge in [0.15, 0.2) is 0 Å². The number of carbonyl (C=O) groups is 1. The summed E-state index contributed by atoms with van der Waals surface area (Å²) in [5, 5.41) is 3.51. The van der Waals surface area contributed by atoms with Gasteiger partial charge in [0.2, 0.25) is 5.91 Å². The summed E-state index contributed by atoms with van der Waals surface area (Å²) in [5.41, 5.74) is -0.0815. The molecule has 1 N–H and O–H groups in total. The molecule has 2 fully saturated rings. The van der Waals surface area contributed by atoms with E-state index in [2.05, 4.69) is 31.0 Å². The van der Waals surface area contributed by atoms with Gasteiger partial charge in [-0.3, -0.25) is 4.79 Å². The summed E-state index contributed by atoms with van der Waals surface area (Å²) in [6, 6.07) is 0. The molecule has 0 aromatic carbocycles. The van der Waals surface area contributed by atoms with Gasteiger partial charge in [0, 0.05) is 25.0 Å². The fourth-order valence-corrected chi connectivity index (χ4v) is 3.33. The number of nitrogens with zero attached hydrogens (tertiary/aromatic N) is 1. The lowest BCUT2D eigenvalue weighted by Gasteiger charge is -2.51. The van der Waals surface area contributed by atoms with Crippen LogP contribution in [0.4, 0.5) is 0 Å². The van der Waals surface area contributed by atoms with Gasteiger partial charge < -0.3 is 10.2 Å². The third-order valence-corrected chi connectivity index (χ3v) is 5.03. The molecule has 0 aromatic heterocycles. The number of hydrogen-bond acceptors (Lipinski definition) is 2. The van der Waals surface area contributed by atoms with Crippen LogP contribution in [0, 0.1) is 5.41 Å². The molecule has 0 unspecified atom stereocenters. The minimum Gasteiger partial charge on any atom is -0.334 e. The number of amides is 1. The third kappa shape index (κ3) is 2.42. The van der Waals surface area contributed by atoms with Crippen molar-refractivity contribution in [3.8, 4) is 0 Å². The normalized spacial score (nSPS) is 24.3. The van der Waals surface area contributed by atoms with Crippen LogP contribution in [0.5, 0.6) is 0 Å². The zero-order valence-electron chi connectivity index (χ0n) is 12.2. The molecule has 1 saturated carbocycles. The molecule has 1 heterocycles. The summed E-state index contributed by atoms with van der Waals surface area (Å²) in [6.07, 6.45) is 7.18. The molecule has 1 aliphatic heterocycles. The smallest absolute Gasteiger partial charge is 0.228 e. The lowest BCUT2D eigenvalue weighted by Crippen LogP contribution is -2.65. The largest absolute Gasteiger partial charge is 0.334 e. The maximum absolute atomic E-state index is 12.8. The zero-order chi connectivity index (χ0) is 13.2. The van der Waals surface area contributed by atoms with Crippen LogP contribution in [0.3, 0.4) is 0 Å². The monoisotopic (exact) mass is 252 g/mol. The van der Waals surface area contributed by atoms with Gasteiger partial charge in [0.25, 0.3) is 0 Å². The van der Waals surface area contributed by atoms with Gasteiger partial charge in [0.05, 0.1) is 5.54 Å². The van der Waals surface area contributed by atoms with E-state index in [1.807, 2.05) is 0 Å². The number of rotatable bonds is 2. The molecule has 1 aliphatic carbocycles. The van der Waals surface area contributed by atoms with Gasteiger partial charge in [0.1, 0.15) is 0 Å². The van der Waals surface area contributed by atoms with Crippen LogP contribution < -0.4 is 5.32 Å². The van der Waals surface area contributed by atoms with Gasteiger partial charge in [-0.1, -0.05) is 40.0 Å². The first-order chi connectivity index (χ1) is 8.52. The van der Waals surface area contributed by atoms with Crippen molar-refractivity contribution < 1.29 is 4.79 Å². The number of carbonyl (C=O) groups excluding carboxylic acids is 1. The number of piperazine rings is 1. The van der Waals surface area contributed by atoms with Crippen LogP contribution in [0.15, 0.2) is 0 Å². The van der Waals surface area contributed by atoms with Crippen LogP contribution in [-0.4, -0.2) is 36.0 Å². The quantitative estimate of drug-likeness (QED) is 0.819. The van der Waals surface area contributed by atoms with Crippen LogP contribution in [0.2, 0.25) is 0 Å². The average Bonchev–Trinajstić information content (AvgIpc) is 2.39. The SMILES string of the molecule is CCC(C)(C)C(=O)N1CCNCC12CCCCC2. The molecule has 3 heteroatoms. The minimum atomic E-state index is -0.207.